The Hall–Kier alpha value is -4.13. The number of carbonyl (C=O) groups is 2. The van der Waals surface area contributed by atoms with E-state index in [9.17, 15) is 14.4 Å². The van der Waals surface area contributed by atoms with Crippen LogP contribution in [0.3, 0.4) is 0 Å². The second-order valence-corrected chi connectivity index (χ2v) is 8.10. The van der Waals surface area contributed by atoms with Crippen molar-refractivity contribution in [1.82, 2.24) is 0 Å². The van der Waals surface area contributed by atoms with Crippen LogP contribution in [0, 0.1) is 6.92 Å². The van der Waals surface area contributed by atoms with Gasteiger partial charge in [0.25, 0.3) is 5.91 Å². The van der Waals surface area contributed by atoms with Crippen LogP contribution < -0.4 is 10.9 Å². The summed E-state index contributed by atoms with van der Waals surface area (Å²) < 4.78 is 16.0. The number of amides is 1. The molecule has 2 aromatic carbocycles. The van der Waals surface area contributed by atoms with E-state index in [0.717, 1.165) is 30.2 Å². The summed E-state index contributed by atoms with van der Waals surface area (Å²) in [6.07, 6.45) is 4.45. The van der Waals surface area contributed by atoms with Crippen LogP contribution in [0.2, 0.25) is 0 Å². The van der Waals surface area contributed by atoms with Crippen molar-refractivity contribution in [3.63, 3.8) is 0 Å². The number of hydrogen-bond donors (Lipinski definition) is 1. The van der Waals surface area contributed by atoms with Crippen molar-refractivity contribution in [3.05, 3.63) is 98.8 Å². The van der Waals surface area contributed by atoms with E-state index in [1.807, 2.05) is 19.1 Å². The van der Waals surface area contributed by atoms with E-state index in [0.29, 0.717) is 16.8 Å². The quantitative estimate of drug-likeness (QED) is 0.352. The lowest BCUT2D eigenvalue weighted by Gasteiger charge is -2.11. The fourth-order valence-electron chi connectivity index (χ4n) is 4.12. The number of benzene rings is 2. The number of hydrogen-bond acceptors (Lipinski definition) is 6. The third-order valence-corrected chi connectivity index (χ3v) is 5.87. The van der Waals surface area contributed by atoms with Gasteiger partial charge in [-0.1, -0.05) is 6.07 Å². The van der Waals surface area contributed by atoms with Gasteiger partial charge in [-0.15, -0.1) is 0 Å². The fourth-order valence-corrected chi connectivity index (χ4v) is 4.12. The summed E-state index contributed by atoms with van der Waals surface area (Å²) in [5.41, 5.74) is 4.60. The van der Waals surface area contributed by atoms with Gasteiger partial charge < -0.3 is 18.9 Å². The lowest BCUT2D eigenvalue weighted by atomic mass is 10.0. The van der Waals surface area contributed by atoms with Crippen LogP contribution in [0.25, 0.3) is 11.0 Å². The zero-order valence-electron chi connectivity index (χ0n) is 18.0. The molecule has 1 amide bonds. The maximum Gasteiger partial charge on any atom is 0.338 e. The number of nitrogens with one attached hydrogen (secondary N) is 1. The van der Waals surface area contributed by atoms with Crippen molar-refractivity contribution < 1.29 is 23.2 Å². The van der Waals surface area contributed by atoms with Gasteiger partial charge in [0, 0.05) is 22.7 Å². The molecule has 0 fully saturated rings. The summed E-state index contributed by atoms with van der Waals surface area (Å²) in [5, 5.41) is 3.52. The van der Waals surface area contributed by atoms with Gasteiger partial charge in [-0.05, 0) is 79.3 Å². The van der Waals surface area contributed by atoms with Gasteiger partial charge >= 0.3 is 11.6 Å². The molecule has 0 spiro atoms. The van der Waals surface area contributed by atoms with Crippen molar-refractivity contribution in [1.29, 1.82) is 0 Å². The minimum Gasteiger partial charge on any atom is -0.459 e. The number of ether oxygens (including phenoxy) is 1. The molecule has 0 saturated carbocycles. The van der Waals surface area contributed by atoms with E-state index < -0.39 is 17.5 Å². The Bertz CT molecular complexity index is 1430. The highest BCUT2D eigenvalue weighted by molar-refractivity contribution is 6.03. The molecule has 2 heterocycles. The van der Waals surface area contributed by atoms with Crippen molar-refractivity contribution in [2.75, 3.05) is 5.32 Å². The molecule has 2 aromatic heterocycles. The molecule has 0 atom stereocenters. The molecule has 166 valence electrons. The largest absolute Gasteiger partial charge is 0.459 e. The second kappa shape index (κ2) is 8.43. The Balaban J connectivity index is 1.36. The molecular weight excluding hydrogens is 422 g/mol. The lowest BCUT2D eigenvalue weighted by Crippen LogP contribution is -2.13. The molecular formula is C26H21NO6. The van der Waals surface area contributed by atoms with Crippen LogP contribution in [0.1, 0.15) is 49.6 Å². The zero-order chi connectivity index (χ0) is 22.9. The van der Waals surface area contributed by atoms with Crippen molar-refractivity contribution in [2.24, 2.45) is 0 Å². The number of anilines is 1. The summed E-state index contributed by atoms with van der Waals surface area (Å²) in [4.78, 5) is 37.1. The van der Waals surface area contributed by atoms with E-state index in [-0.39, 0.29) is 17.9 Å². The highest BCUT2D eigenvalue weighted by Gasteiger charge is 2.17. The molecule has 5 rings (SSSR count). The zero-order valence-corrected chi connectivity index (χ0v) is 18.0. The van der Waals surface area contributed by atoms with Gasteiger partial charge in [0.15, 0.2) is 5.76 Å². The summed E-state index contributed by atoms with van der Waals surface area (Å²) in [5.74, 6) is -0.807. The molecule has 7 nitrogen and oxygen atoms in total. The Kier molecular flexibility index (Phi) is 5.30. The Morgan fingerprint density at radius 2 is 1.88 bits per heavy atom. The Morgan fingerprint density at radius 1 is 1.06 bits per heavy atom. The molecule has 1 N–H and O–H groups in total. The summed E-state index contributed by atoms with van der Waals surface area (Å²) in [6, 6.07) is 13.4. The number of fused-ring (bicyclic) bond motifs is 2. The molecule has 1 aliphatic carbocycles. The first-order valence-electron chi connectivity index (χ1n) is 10.7. The number of rotatable bonds is 5. The minimum atomic E-state index is -0.564. The van der Waals surface area contributed by atoms with Crippen LogP contribution in [0.15, 0.2) is 68.4 Å². The molecule has 33 heavy (non-hydrogen) atoms. The number of carbonyl (C=O) groups excluding carboxylic acids is 2. The van der Waals surface area contributed by atoms with Gasteiger partial charge in [-0.3, -0.25) is 4.79 Å². The topological polar surface area (TPSA) is 98.8 Å². The summed E-state index contributed by atoms with van der Waals surface area (Å²) >= 11 is 0. The highest BCUT2D eigenvalue weighted by atomic mass is 16.5. The van der Waals surface area contributed by atoms with E-state index in [1.54, 1.807) is 30.3 Å². The molecule has 0 unspecified atom stereocenters. The maximum absolute atomic E-state index is 12.7. The maximum atomic E-state index is 12.7. The van der Waals surface area contributed by atoms with E-state index in [2.05, 4.69) is 5.32 Å². The average Bonchev–Trinajstić information content (AvgIpc) is 3.49. The van der Waals surface area contributed by atoms with Gasteiger partial charge in [0.2, 0.25) is 0 Å². The van der Waals surface area contributed by atoms with Crippen LogP contribution in [0.4, 0.5) is 5.69 Å². The van der Waals surface area contributed by atoms with E-state index >= 15 is 0 Å². The fraction of sp³-hybridized carbons (Fsp3) is 0.192. The number of esters is 1. The minimum absolute atomic E-state index is 0.0678. The van der Waals surface area contributed by atoms with Gasteiger partial charge in [-0.2, -0.15) is 0 Å². The Labute approximate surface area is 189 Å². The molecule has 7 heteroatoms. The van der Waals surface area contributed by atoms with Crippen molar-refractivity contribution in [3.8, 4) is 0 Å². The van der Waals surface area contributed by atoms with E-state index in [4.69, 9.17) is 13.6 Å². The monoisotopic (exact) mass is 443 g/mol. The predicted molar refractivity (Wildman–Crippen MR) is 121 cm³/mol. The molecule has 0 aliphatic heterocycles. The third-order valence-electron chi connectivity index (χ3n) is 5.87. The van der Waals surface area contributed by atoms with Crippen LogP contribution in [-0.2, 0) is 24.2 Å². The standard InChI is InChI=1S/C26H21NO6/c1-15-7-8-18(11-21(15)27-25(29)22-6-3-9-31-22)26(30)32-14-19-13-24(28)33-23-12-17-5-2-4-16(17)10-20(19)23/h3,6-13H,2,4-5,14H2,1H3,(H,27,29). The predicted octanol–water partition coefficient (Wildman–Crippen LogP) is 4.79. The highest BCUT2D eigenvalue weighted by Crippen LogP contribution is 2.29. The SMILES string of the molecule is Cc1ccc(C(=O)OCc2cc(=O)oc3cc4c(cc23)CCC4)cc1NC(=O)c1ccco1. The second-order valence-electron chi connectivity index (χ2n) is 8.10. The molecule has 0 saturated heterocycles. The van der Waals surface area contributed by atoms with Crippen LogP contribution in [-0.4, -0.2) is 11.9 Å². The normalized spacial score (nSPS) is 12.5. The first-order valence-corrected chi connectivity index (χ1v) is 10.7. The van der Waals surface area contributed by atoms with Crippen LogP contribution >= 0.6 is 0 Å². The summed E-state index contributed by atoms with van der Waals surface area (Å²) in [6.45, 7) is 1.75. The third kappa shape index (κ3) is 4.17. The van der Waals surface area contributed by atoms with Gasteiger partial charge in [-0.25, -0.2) is 9.59 Å². The van der Waals surface area contributed by atoms with Gasteiger partial charge in [0.1, 0.15) is 12.2 Å². The smallest absolute Gasteiger partial charge is 0.338 e. The lowest BCUT2D eigenvalue weighted by molar-refractivity contribution is 0.0473. The Morgan fingerprint density at radius 3 is 2.67 bits per heavy atom. The molecule has 1 aliphatic rings. The van der Waals surface area contributed by atoms with E-state index in [1.165, 1.54) is 23.5 Å². The molecule has 0 radical (unpaired) electrons. The average molecular weight is 443 g/mol. The number of furan rings is 1. The summed E-state index contributed by atoms with van der Waals surface area (Å²) in [7, 11) is 0. The number of aryl methyl sites for hydroxylation is 3. The first kappa shape index (κ1) is 20.8. The first-order chi connectivity index (χ1) is 16.0. The van der Waals surface area contributed by atoms with Crippen molar-refractivity contribution in [2.45, 2.75) is 32.8 Å². The molecule has 0 bridgehead atoms. The van der Waals surface area contributed by atoms with Gasteiger partial charge in [0.05, 0.1) is 11.8 Å². The molecule has 4 aromatic rings. The van der Waals surface area contributed by atoms with Crippen LogP contribution in [0.5, 0.6) is 0 Å². The van der Waals surface area contributed by atoms with Crippen molar-refractivity contribution >= 4 is 28.5 Å².